The summed E-state index contributed by atoms with van der Waals surface area (Å²) >= 11 is 0. The van der Waals surface area contributed by atoms with E-state index in [1.54, 1.807) is 25.4 Å². The smallest absolute Gasteiger partial charge is 0.245 e. The van der Waals surface area contributed by atoms with Crippen LogP contribution in [0, 0.1) is 11.3 Å². The zero-order valence-corrected chi connectivity index (χ0v) is 18.6. The molecule has 1 saturated carbocycles. The second-order valence-corrected chi connectivity index (χ2v) is 9.30. The second kappa shape index (κ2) is 7.99. The number of piperidine rings is 1. The Morgan fingerprint density at radius 3 is 2.76 bits per heavy atom. The zero-order valence-electron chi connectivity index (χ0n) is 18.6. The molecule has 2 saturated heterocycles. The molecule has 0 amide bonds. The van der Waals surface area contributed by atoms with E-state index in [9.17, 15) is 5.11 Å². The van der Waals surface area contributed by atoms with Crippen molar-refractivity contribution in [1.82, 2.24) is 35.3 Å². The number of hydrogen-bond acceptors (Lipinski definition) is 9. The van der Waals surface area contributed by atoms with Crippen LogP contribution in [-0.4, -0.2) is 65.4 Å². The maximum Gasteiger partial charge on any atom is 0.245 e. The van der Waals surface area contributed by atoms with Crippen molar-refractivity contribution in [2.45, 2.75) is 62.4 Å². The minimum Gasteiger partial charge on any atom is -0.507 e. The number of nitrogens with zero attached hydrogens (tertiary/aromatic N) is 8. The fourth-order valence-electron chi connectivity index (χ4n) is 5.18. The van der Waals surface area contributed by atoms with Gasteiger partial charge in [0.15, 0.2) is 5.82 Å². The first-order valence-electron chi connectivity index (χ1n) is 11.5. The van der Waals surface area contributed by atoms with E-state index in [0.29, 0.717) is 34.6 Å². The van der Waals surface area contributed by atoms with E-state index in [1.165, 1.54) is 10.7 Å². The molecule has 3 aliphatic rings. The summed E-state index contributed by atoms with van der Waals surface area (Å²) in [6.45, 7) is 0. The van der Waals surface area contributed by atoms with Crippen molar-refractivity contribution in [3.8, 4) is 34.5 Å². The SMILES string of the molecule is Cn1nc(-c2ccc(-c3cnc(N(C4CC4)[C@H]4C[C@@H]5CC[C@H](N5)[C@H]4F)nn3)c(O)c2)nc1C#N. The molecule has 1 aliphatic carbocycles. The van der Waals surface area contributed by atoms with Gasteiger partial charge in [-0.1, -0.05) is 6.07 Å². The summed E-state index contributed by atoms with van der Waals surface area (Å²) < 4.78 is 16.6. The van der Waals surface area contributed by atoms with Crippen LogP contribution < -0.4 is 10.2 Å². The zero-order chi connectivity index (χ0) is 23.4. The monoisotopic (exact) mass is 461 g/mol. The fraction of sp³-hybridized carbons (Fsp3) is 0.478. The first kappa shape index (κ1) is 20.9. The first-order chi connectivity index (χ1) is 16.5. The Labute approximate surface area is 195 Å². The van der Waals surface area contributed by atoms with Crippen LogP contribution in [0.1, 0.15) is 37.9 Å². The number of halogens is 1. The Morgan fingerprint density at radius 1 is 1.24 bits per heavy atom. The van der Waals surface area contributed by atoms with Gasteiger partial charge in [0, 0.05) is 36.3 Å². The van der Waals surface area contributed by atoms with Crippen LogP contribution >= 0.6 is 0 Å². The quantitative estimate of drug-likeness (QED) is 0.587. The summed E-state index contributed by atoms with van der Waals surface area (Å²) in [7, 11) is 1.64. The molecule has 2 aliphatic heterocycles. The predicted octanol–water partition coefficient (Wildman–Crippen LogP) is 2.11. The van der Waals surface area contributed by atoms with Gasteiger partial charge in [0.25, 0.3) is 0 Å². The van der Waals surface area contributed by atoms with E-state index >= 15 is 4.39 Å². The highest BCUT2D eigenvalue weighted by Gasteiger charge is 2.48. The van der Waals surface area contributed by atoms with Gasteiger partial charge >= 0.3 is 0 Å². The molecule has 11 heteroatoms. The molecule has 2 aromatic heterocycles. The number of rotatable bonds is 5. The van der Waals surface area contributed by atoms with E-state index in [1.807, 2.05) is 11.0 Å². The Hall–Kier alpha value is -3.65. The first-order valence-corrected chi connectivity index (χ1v) is 11.5. The van der Waals surface area contributed by atoms with Crippen LogP contribution in [0.3, 0.4) is 0 Å². The average molecular weight is 462 g/mol. The molecule has 0 spiro atoms. The predicted molar refractivity (Wildman–Crippen MR) is 120 cm³/mol. The number of alkyl halides is 1. The second-order valence-electron chi connectivity index (χ2n) is 9.30. The third kappa shape index (κ3) is 3.54. The average Bonchev–Trinajstić information content (AvgIpc) is 3.48. The number of anilines is 1. The Balaban J connectivity index is 1.26. The molecule has 4 heterocycles. The van der Waals surface area contributed by atoms with Gasteiger partial charge in [-0.25, -0.2) is 14.1 Å². The molecule has 6 rings (SSSR count). The topological polar surface area (TPSA) is 129 Å². The molecule has 174 valence electrons. The minimum atomic E-state index is -0.957. The summed E-state index contributed by atoms with van der Waals surface area (Å²) in [5, 5.41) is 36.0. The summed E-state index contributed by atoms with van der Waals surface area (Å²) in [5.41, 5.74) is 1.45. The van der Waals surface area contributed by atoms with Crippen LogP contribution in [0.4, 0.5) is 10.3 Å². The highest BCUT2D eigenvalue weighted by molar-refractivity contribution is 5.71. The van der Waals surface area contributed by atoms with Crippen LogP contribution in [0.5, 0.6) is 5.75 Å². The highest BCUT2D eigenvalue weighted by atomic mass is 19.1. The van der Waals surface area contributed by atoms with Gasteiger partial charge in [-0.15, -0.1) is 10.2 Å². The van der Waals surface area contributed by atoms with Crippen LogP contribution in [-0.2, 0) is 7.05 Å². The Kier molecular flexibility index (Phi) is 4.91. The number of nitriles is 1. The number of nitrogens with one attached hydrogen (secondary N) is 1. The van der Waals surface area contributed by atoms with Crippen molar-refractivity contribution in [2.24, 2.45) is 7.05 Å². The van der Waals surface area contributed by atoms with Crippen molar-refractivity contribution in [3.05, 3.63) is 30.2 Å². The van der Waals surface area contributed by atoms with E-state index in [0.717, 1.165) is 32.1 Å². The number of aryl methyl sites for hydroxylation is 1. The van der Waals surface area contributed by atoms with Crippen molar-refractivity contribution >= 4 is 5.95 Å². The van der Waals surface area contributed by atoms with E-state index in [4.69, 9.17) is 5.26 Å². The number of aromatic hydroxyl groups is 1. The third-order valence-corrected chi connectivity index (χ3v) is 7.03. The van der Waals surface area contributed by atoms with Gasteiger partial charge in [-0.2, -0.15) is 15.3 Å². The van der Waals surface area contributed by atoms with E-state index in [2.05, 4.69) is 30.6 Å². The fourth-order valence-corrected chi connectivity index (χ4v) is 5.18. The number of hydrogen-bond donors (Lipinski definition) is 2. The molecule has 2 N–H and O–H groups in total. The molecule has 0 unspecified atom stereocenters. The standard InChI is InChI=1S/C23H24FN9O/c1-32-20(10-25)28-22(31-32)12-2-6-15(19(34)8-12)17-11-26-23(30-29-17)33(14-4-5-14)18-9-13-3-7-16(27-13)21(18)24/h2,6,8,11,13-14,16,18,21,27,34H,3-5,7,9H2,1H3/t13-,16-,18-,21+/m0/s1. The van der Waals surface area contributed by atoms with Gasteiger partial charge in [-0.3, -0.25) is 0 Å². The molecule has 34 heavy (non-hydrogen) atoms. The normalized spacial score (nSPS) is 25.8. The lowest BCUT2D eigenvalue weighted by Gasteiger charge is -2.40. The maximum atomic E-state index is 15.2. The van der Waals surface area contributed by atoms with Gasteiger partial charge in [0.1, 0.15) is 23.7 Å². The number of aromatic nitrogens is 6. The number of phenols is 1. The number of fused-ring (bicyclic) bond motifs is 2. The number of phenolic OH excluding ortho intramolecular Hbond substituents is 1. The van der Waals surface area contributed by atoms with E-state index < -0.39 is 6.17 Å². The van der Waals surface area contributed by atoms with Crippen LogP contribution in [0.15, 0.2) is 24.4 Å². The lowest BCUT2D eigenvalue weighted by molar-refractivity contribution is 0.171. The van der Waals surface area contributed by atoms with Crippen LogP contribution in [0.25, 0.3) is 22.6 Å². The van der Waals surface area contributed by atoms with Crippen molar-refractivity contribution in [2.75, 3.05) is 4.90 Å². The maximum absolute atomic E-state index is 15.2. The molecular weight excluding hydrogens is 437 g/mol. The summed E-state index contributed by atoms with van der Waals surface area (Å²) in [6.07, 6.45) is 5.27. The minimum absolute atomic E-state index is 0.0230. The Bertz CT molecular complexity index is 1270. The lowest BCUT2D eigenvalue weighted by atomic mass is 9.96. The van der Waals surface area contributed by atoms with Crippen molar-refractivity contribution in [3.63, 3.8) is 0 Å². The highest BCUT2D eigenvalue weighted by Crippen LogP contribution is 2.39. The van der Waals surface area contributed by atoms with Crippen molar-refractivity contribution < 1.29 is 9.50 Å². The van der Waals surface area contributed by atoms with Gasteiger partial charge in [0.2, 0.25) is 11.8 Å². The molecule has 3 aromatic rings. The largest absolute Gasteiger partial charge is 0.507 e. The Morgan fingerprint density at radius 2 is 2.09 bits per heavy atom. The molecule has 0 radical (unpaired) electrons. The van der Waals surface area contributed by atoms with Gasteiger partial charge in [-0.05, 0) is 44.2 Å². The van der Waals surface area contributed by atoms with Gasteiger partial charge in [0.05, 0.1) is 12.2 Å². The molecule has 10 nitrogen and oxygen atoms in total. The molecule has 3 fully saturated rings. The van der Waals surface area contributed by atoms with Crippen LogP contribution in [0.2, 0.25) is 0 Å². The summed E-state index contributed by atoms with van der Waals surface area (Å²) in [5.74, 6) is 0.946. The molecule has 1 aromatic carbocycles. The van der Waals surface area contributed by atoms with Crippen molar-refractivity contribution in [1.29, 1.82) is 5.26 Å². The summed E-state index contributed by atoms with van der Waals surface area (Å²) in [4.78, 5) is 10.7. The van der Waals surface area contributed by atoms with E-state index in [-0.39, 0.29) is 29.7 Å². The summed E-state index contributed by atoms with van der Waals surface area (Å²) in [6, 6.07) is 7.21. The van der Waals surface area contributed by atoms with Gasteiger partial charge < -0.3 is 15.3 Å². The lowest BCUT2D eigenvalue weighted by Crippen LogP contribution is -2.57. The molecule has 4 atom stereocenters. The number of benzene rings is 1. The third-order valence-electron chi connectivity index (χ3n) is 7.03. The molecule has 2 bridgehead atoms. The molecular formula is C23H24FN9O.